The van der Waals surface area contributed by atoms with E-state index in [1.54, 1.807) is 12.4 Å². The van der Waals surface area contributed by atoms with E-state index in [0.717, 1.165) is 51.0 Å². The van der Waals surface area contributed by atoms with Crippen molar-refractivity contribution in [1.82, 2.24) is 20.1 Å². The highest BCUT2D eigenvalue weighted by Crippen LogP contribution is 2.09. The highest BCUT2D eigenvalue weighted by molar-refractivity contribution is 5.80. The lowest BCUT2D eigenvalue weighted by Gasteiger charge is -2.36. The minimum atomic E-state index is 0.550. The van der Waals surface area contributed by atoms with E-state index >= 15 is 0 Å². The summed E-state index contributed by atoms with van der Waals surface area (Å²) in [7, 11) is 0. The highest BCUT2D eigenvalue weighted by Gasteiger charge is 2.19. The number of benzene rings is 1. The summed E-state index contributed by atoms with van der Waals surface area (Å²) in [5.74, 6) is 1.76. The van der Waals surface area contributed by atoms with E-state index in [-0.39, 0.29) is 0 Å². The first kappa shape index (κ1) is 19.2. The third kappa shape index (κ3) is 6.25. The monoisotopic (exact) mass is 367 g/mol. The quantitative estimate of drug-likeness (QED) is 0.462. The van der Waals surface area contributed by atoms with Gasteiger partial charge < -0.3 is 15.0 Å². The maximum absolute atomic E-state index is 5.68. The number of hydrogen-bond acceptors (Lipinski definition) is 4. The molecule has 0 radical (unpaired) electrons. The van der Waals surface area contributed by atoms with Crippen LogP contribution in [0.2, 0.25) is 0 Å². The lowest BCUT2D eigenvalue weighted by molar-refractivity contribution is 0.172. The van der Waals surface area contributed by atoms with E-state index in [0.29, 0.717) is 13.2 Å². The SMILES string of the molecule is CCNC(=NCCOc1cccnc1)N1CCN(Cc2ccccc2)CC1. The number of aromatic nitrogens is 1. The molecule has 144 valence electrons. The van der Waals surface area contributed by atoms with Gasteiger partial charge in [0.05, 0.1) is 12.7 Å². The molecule has 0 unspecified atom stereocenters. The zero-order valence-corrected chi connectivity index (χ0v) is 16.1. The van der Waals surface area contributed by atoms with Crippen molar-refractivity contribution in [3.63, 3.8) is 0 Å². The third-order valence-corrected chi connectivity index (χ3v) is 4.51. The molecule has 1 aromatic carbocycles. The van der Waals surface area contributed by atoms with Crippen LogP contribution in [0, 0.1) is 0 Å². The van der Waals surface area contributed by atoms with Crippen molar-refractivity contribution in [2.45, 2.75) is 13.5 Å². The second-order valence-corrected chi connectivity index (χ2v) is 6.52. The third-order valence-electron chi connectivity index (χ3n) is 4.51. The molecule has 6 nitrogen and oxygen atoms in total. The smallest absolute Gasteiger partial charge is 0.194 e. The Bertz CT molecular complexity index is 684. The second-order valence-electron chi connectivity index (χ2n) is 6.52. The second kappa shape index (κ2) is 10.5. The summed E-state index contributed by atoms with van der Waals surface area (Å²) in [4.78, 5) is 13.6. The predicted molar refractivity (Wildman–Crippen MR) is 109 cm³/mol. The highest BCUT2D eigenvalue weighted by atomic mass is 16.5. The first-order chi connectivity index (χ1) is 13.3. The molecule has 0 aliphatic carbocycles. The van der Waals surface area contributed by atoms with Gasteiger partial charge in [0, 0.05) is 45.5 Å². The summed E-state index contributed by atoms with van der Waals surface area (Å²) in [6.45, 7) is 9.23. The standard InChI is InChI=1S/C21H29N5O/c1-2-23-21(24-11-16-27-20-9-6-10-22-17-20)26-14-12-25(13-15-26)18-19-7-4-3-5-8-19/h3-10,17H,2,11-16,18H2,1H3,(H,23,24). The number of nitrogens with one attached hydrogen (secondary N) is 1. The fourth-order valence-corrected chi connectivity index (χ4v) is 3.13. The van der Waals surface area contributed by atoms with Crippen LogP contribution in [0.3, 0.4) is 0 Å². The molecule has 3 rings (SSSR count). The van der Waals surface area contributed by atoms with Crippen molar-refractivity contribution in [1.29, 1.82) is 0 Å². The molecule has 0 atom stereocenters. The molecule has 1 aromatic heterocycles. The first-order valence-corrected chi connectivity index (χ1v) is 9.67. The van der Waals surface area contributed by atoms with Gasteiger partial charge in [-0.25, -0.2) is 4.99 Å². The maximum atomic E-state index is 5.68. The Morgan fingerprint density at radius 1 is 1.11 bits per heavy atom. The number of aliphatic imine (C=N–C) groups is 1. The van der Waals surface area contributed by atoms with Crippen LogP contribution in [0.4, 0.5) is 0 Å². The molecule has 0 spiro atoms. The van der Waals surface area contributed by atoms with Crippen molar-refractivity contribution in [3.05, 3.63) is 60.4 Å². The molecule has 0 saturated carbocycles. The Morgan fingerprint density at radius 2 is 1.93 bits per heavy atom. The molecule has 0 bridgehead atoms. The summed E-state index contributed by atoms with van der Waals surface area (Å²) in [5, 5.41) is 3.41. The molecule has 1 N–H and O–H groups in total. The number of guanidine groups is 1. The van der Waals surface area contributed by atoms with Gasteiger partial charge >= 0.3 is 0 Å². The normalized spacial score (nSPS) is 15.6. The van der Waals surface area contributed by atoms with Crippen LogP contribution in [0.1, 0.15) is 12.5 Å². The molecule has 1 aliphatic rings. The molecule has 1 saturated heterocycles. The van der Waals surface area contributed by atoms with Crippen molar-refractivity contribution < 1.29 is 4.74 Å². The van der Waals surface area contributed by atoms with Gasteiger partial charge in [-0.1, -0.05) is 30.3 Å². The van der Waals surface area contributed by atoms with Gasteiger partial charge in [0.25, 0.3) is 0 Å². The number of hydrogen-bond donors (Lipinski definition) is 1. The zero-order chi connectivity index (χ0) is 18.7. The molecular weight excluding hydrogens is 338 g/mol. The Hall–Kier alpha value is -2.60. The summed E-state index contributed by atoms with van der Waals surface area (Å²) < 4.78 is 5.68. The van der Waals surface area contributed by atoms with Gasteiger partial charge in [-0.05, 0) is 24.6 Å². The Kier molecular flexibility index (Phi) is 7.47. The lowest BCUT2D eigenvalue weighted by atomic mass is 10.2. The number of pyridine rings is 1. The minimum Gasteiger partial charge on any atom is -0.490 e. The molecule has 2 aromatic rings. The van der Waals surface area contributed by atoms with Crippen LogP contribution in [-0.4, -0.2) is 66.6 Å². The van der Waals surface area contributed by atoms with Gasteiger partial charge in [0.15, 0.2) is 5.96 Å². The van der Waals surface area contributed by atoms with Gasteiger partial charge in [0.2, 0.25) is 0 Å². The van der Waals surface area contributed by atoms with E-state index in [4.69, 9.17) is 9.73 Å². The van der Waals surface area contributed by atoms with E-state index in [1.807, 2.05) is 12.1 Å². The molecule has 0 amide bonds. The minimum absolute atomic E-state index is 0.550. The number of piperazine rings is 1. The molecule has 27 heavy (non-hydrogen) atoms. The fourth-order valence-electron chi connectivity index (χ4n) is 3.13. The summed E-state index contributed by atoms with van der Waals surface area (Å²) in [6.07, 6.45) is 3.46. The number of rotatable bonds is 7. The average molecular weight is 367 g/mol. The average Bonchev–Trinajstić information content (AvgIpc) is 2.72. The summed E-state index contributed by atoms with van der Waals surface area (Å²) in [5.41, 5.74) is 1.37. The van der Waals surface area contributed by atoms with Gasteiger partial charge in [-0.2, -0.15) is 0 Å². The van der Waals surface area contributed by atoms with Crippen molar-refractivity contribution in [2.75, 3.05) is 45.9 Å². The van der Waals surface area contributed by atoms with Crippen LogP contribution < -0.4 is 10.1 Å². The zero-order valence-electron chi connectivity index (χ0n) is 16.1. The van der Waals surface area contributed by atoms with Crippen LogP contribution in [0.25, 0.3) is 0 Å². The number of ether oxygens (including phenoxy) is 1. The van der Waals surface area contributed by atoms with Gasteiger partial charge in [0.1, 0.15) is 12.4 Å². The topological polar surface area (TPSA) is 53.0 Å². The van der Waals surface area contributed by atoms with Crippen LogP contribution in [0.15, 0.2) is 59.9 Å². The van der Waals surface area contributed by atoms with E-state index in [2.05, 4.69) is 57.4 Å². The van der Waals surface area contributed by atoms with Gasteiger partial charge in [-0.15, -0.1) is 0 Å². The van der Waals surface area contributed by atoms with Crippen LogP contribution in [0.5, 0.6) is 5.75 Å². The largest absolute Gasteiger partial charge is 0.490 e. The van der Waals surface area contributed by atoms with E-state index in [1.165, 1.54) is 5.56 Å². The lowest BCUT2D eigenvalue weighted by Crippen LogP contribution is -2.52. The first-order valence-electron chi connectivity index (χ1n) is 9.67. The van der Waals surface area contributed by atoms with Gasteiger partial charge in [-0.3, -0.25) is 9.88 Å². The molecule has 1 fully saturated rings. The molecule has 6 heteroatoms. The molecule has 2 heterocycles. The van der Waals surface area contributed by atoms with Crippen molar-refractivity contribution in [2.24, 2.45) is 4.99 Å². The van der Waals surface area contributed by atoms with E-state index in [9.17, 15) is 0 Å². The number of nitrogens with zero attached hydrogens (tertiary/aromatic N) is 4. The maximum Gasteiger partial charge on any atom is 0.194 e. The molecule has 1 aliphatic heterocycles. The van der Waals surface area contributed by atoms with Crippen LogP contribution >= 0.6 is 0 Å². The van der Waals surface area contributed by atoms with Crippen molar-refractivity contribution >= 4 is 5.96 Å². The van der Waals surface area contributed by atoms with E-state index < -0.39 is 0 Å². The summed E-state index contributed by atoms with van der Waals surface area (Å²) in [6, 6.07) is 14.5. The summed E-state index contributed by atoms with van der Waals surface area (Å²) >= 11 is 0. The predicted octanol–water partition coefficient (Wildman–Crippen LogP) is 2.24. The Morgan fingerprint density at radius 3 is 2.63 bits per heavy atom. The Labute approximate surface area is 161 Å². The van der Waals surface area contributed by atoms with Crippen molar-refractivity contribution in [3.8, 4) is 5.75 Å². The molecular formula is C21H29N5O. The van der Waals surface area contributed by atoms with Crippen LogP contribution in [-0.2, 0) is 6.54 Å². The Balaban J connectivity index is 1.45. The fraction of sp³-hybridized carbons (Fsp3) is 0.429.